The number of carbonyl (C=O) groups excluding carboxylic acids is 1. The van der Waals surface area contributed by atoms with Crippen LogP contribution >= 0.6 is 11.3 Å². The van der Waals surface area contributed by atoms with Gasteiger partial charge in [0.2, 0.25) is 5.91 Å². The molecule has 0 radical (unpaired) electrons. The Morgan fingerprint density at radius 2 is 1.87 bits per heavy atom. The van der Waals surface area contributed by atoms with Gasteiger partial charge >= 0.3 is 0 Å². The lowest BCUT2D eigenvalue weighted by atomic mass is 9.95. The highest BCUT2D eigenvalue weighted by Crippen LogP contribution is 2.36. The molecule has 0 unspecified atom stereocenters. The topological polar surface area (TPSA) is 76.6 Å². The lowest BCUT2D eigenvalue weighted by Gasteiger charge is -2.32. The molecule has 7 nitrogen and oxygen atoms in total. The molecule has 1 aliphatic rings. The first kappa shape index (κ1) is 20.4. The third-order valence-electron chi connectivity index (χ3n) is 5.76. The van der Waals surface area contributed by atoms with Gasteiger partial charge in [-0.25, -0.2) is 9.97 Å². The predicted molar refractivity (Wildman–Crippen MR) is 120 cm³/mol. The van der Waals surface area contributed by atoms with Gasteiger partial charge in [0.15, 0.2) is 11.5 Å². The van der Waals surface area contributed by atoms with Gasteiger partial charge in [0.25, 0.3) is 0 Å². The van der Waals surface area contributed by atoms with Gasteiger partial charge in [0, 0.05) is 35.6 Å². The van der Waals surface area contributed by atoms with Gasteiger partial charge in [-0.3, -0.25) is 4.79 Å². The molecule has 0 atom stereocenters. The molecule has 1 saturated heterocycles. The van der Waals surface area contributed by atoms with E-state index in [1.54, 1.807) is 44.0 Å². The van der Waals surface area contributed by atoms with Crippen molar-refractivity contribution in [1.29, 1.82) is 0 Å². The molecule has 1 fully saturated rings. The number of thiophene rings is 1. The number of nitrogens with zero attached hydrogens (tertiary/aromatic N) is 3. The van der Waals surface area contributed by atoms with E-state index in [0.29, 0.717) is 17.2 Å². The number of benzene rings is 1. The summed E-state index contributed by atoms with van der Waals surface area (Å²) in [5.74, 6) is 2.23. The predicted octanol–water partition coefficient (Wildman–Crippen LogP) is 4.18. The molecule has 0 spiro atoms. The van der Waals surface area contributed by atoms with Crippen molar-refractivity contribution in [2.75, 3.05) is 37.5 Å². The molecular formula is C22H26N4O3S. The van der Waals surface area contributed by atoms with Gasteiger partial charge < -0.3 is 19.7 Å². The average Bonchev–Trinajstić information content (AvgIpc) is 3.07. The normalized spacial score (nSPS) is 14.7. The van der Waals surface area contributed by atoms with Crippen LogP contribution in [0.5, 0.6) is 11.5 Å². The van der Waals surface area contributed by atoms with E-state index in [1.165, 1.54) is 10.4 Å². The third kappa shape index (κ3) is 3.79. The maximum atomic E-state index is 12.8. The highest BCUT2D eigenvalue weighted by atomic mass is 32.1. The molecule has 0 saturated carbocycles. The van der Waals surface area contributed by atoms with Crippen LogP contribution in [0, 0.1) is 19.8 Å². The Bertz CT molecular complexity index is 1070. The molecule has 0 aliphatic carbocycles. The molecule has 1 aliphatic heterocycles. The van der Waals surface area contributed by atoms with Crippen molar-refractivity contribution in [3.05, 3.63) is 35.0 Å². The zero-order valence-corrected chi connectivity index (χ0v) is 18.5. The van der Waals surface area contributed by atoms with Crippen LogP contribution in [0.1, 0.15) is 23.3 Å². The SMILES string of the molecule is COc1ccc(NC(=O)C2CCN(c3ncnc4sc(C)c(C)c34)CC2)cc1OC. The van der Waals surface area contributed by atoms with Crippen LogP contribution < -0.4 is 19.7 Å². The maximum Gasteiger partial charge on any atom is 0.227 e. The molecule has 158 valence electrons. The number of aromatic nitrogens is 2. The van der Waals surface area contributed by atoms with E-state index < -0.39 is 0 Å². The molecule has 4 rings (SSSR count). The lowest BCUT2D eigenvalue weighted by Crippen LogP contribution is -2.38. The van der Waals surface area contributed by atoms with Gasteiger partial charge in [-0.1, -0.05) is 0 Å². The quantitative estimate of drug-likeness (QED) is 0.660. The monoisotopic (exact) mass is 426 g/mol. The molecule has 2 aromatic heterocycles. The number of methoxy groups -OCH3 is 2. The van der Waals surface area contributed by atoms with Gasteiger partial charge in [-0.2, -0.15) is 0 Å². The number of ether oxygens (including phenoxy) is 2. The number of hydrogen-bond acceptors (Lipinski definition) is 7. The van der Waals surface area contributed by atoms with Gasteiger partial charge in [-0.15, -0.1) is 11.3 Å². The first-order valence-electron chi connectivity index (χ1n) is 10.00. The van der Waals surface area contributed by atoms with Crippen LogP contribution in [0.4, 0.5) is 11.5 Å². The summed E-state index contributed by atoms with van der Waals surface area (Å²) in [5.41, 5.74) is 1.96. The minimum Gasteiger partial charge on any atom is -0.493 e. The zero-order chi connectivity index (χ0) is 21.3. The van der Waals surface area contributed by atoms with E-state index in [-0.39, 0.29) is 11.8 Å². The van der Waals surface area contributed by atoms with Gasteiger partial charge in [-0.05, 0) is 44.4 Å². The van der Waals surface area contributed by atoms with Crippen molar-refractivity contribution < 1.29 is 14.3 Å². The van der Waals surface area contributed by atoms with E-state index in [2.05, 4.69) is 34.0 Å². The van der Waals surface area contributed by atoms with Crippen molar-refractivity contribution in [2.45, 2.75) is 26.7 Å². The van der Waals surface area contributed by atoms with Crippen LogP contribution in [-0.4, -0.2) is 43.2 Å². The number of anilines is 2. The summed E-state index contributed by atoms with van der Waals surface area (Å²) in [4.78, 5) is 26.4. The number of carbonyl (C=O) groups is 1. The van der Waals surface area contributed by atoms with Crippen LogP contribution in [0.2, 0.25) is 0 Å². The summed E-state index contributed by atoms with van der Waals surface area (Å²) in [5, 5.41) is 4.16. The van der Waals surface area contributed by atoms with E-state index in [4.69, 9.17) is 9.47 Å². The number of fused-ring (bicyclic) bond motifs is 1. The van der Waals surface area contributed by atoms with Crippen LogP contribution in [0.25, 0.3) is 10.2 Å². The average molecular weight is 427 g/mol. The Kier molecular flexibility index (Phi) is 5.76. The molecular weight excluding hydrogens is 400 g/mol. The lowest BCUT2D eigenvalue weighted by molar-refractivity contribution is -0.120. The second kappa shape index (κ2) is 8.47. The standard InChI is InChI=1S/C22H26N4O3S/c1-13-14(2)30-22-19(13)20(23-12-24-22)26-9-7-15(8-10-26)21(27)25-16-5-6-17(28-3)18(11-16)29-4/h5-6,11-12,15H,7-10H2,1-4H3,(H,25,27). The summed E-state index contributed by atoms with van der Waals surface area (Å²) < 4.78 is 10.6. The molecule has 0 bridgehead atoms. The minimum absolute atomic E-state index is 0.0306. The van der Waals surface area contributed by atoms with Gasteiger partial charge in [0.05, 0.1) is 19.6 Å². The van der Waals surface area contributed by atoms with Crippen molar-refractivity contribution in [3.8, 4) is 11.5 Å². The van der Waals surface area contributed by atoms with Crippen molar-refractivity contribution in [2.24, 2.45) is 5.92 Å². The molecule has 1 N–H and O–H groups in total. The van der Waals surface area contributed by atoms with Crippen LogP contribution in [-0.2, 0) is 4.79 Å². The number of nitrogens with one attached hydrogen (secondary N) is 1. The number of piperidine rings is 1. The first-order valence-corrected chi connectivity index (χ1v) is 10.8. The fourth-order valence-corrected chi connectivity index (χ4v) is 4.91. The highest BCUT2D eigenvalue weighted by molar-refractivity contribution is 7.18. The molecule has 1 amide bonds. The minimum atomic E-state index is -0.0306. The van der Waals surface area contributed by atoms with Crippen LogP contribution in [0.3, 0.4) is 0 Å². The smallest absolute Gasteiger partial charge is 0.227 e. The highest BCUT2D eigenvalue weighted by Gasteiger charge is 2.27. The Morgan fingerprint density at radius 3 is 2.57 bits per heavy atom. The van der Waals surface area contributed by atoms with Crippen molar-refractivity contribution in [3.63, 3.8) is 0 Å². The molecule has 8 heteroatoms. The third-order valence-corrected chi connectivity index (χ3v) is 6.88. The summed E-state index contributed by atoms with van der Waals surface area (Å²) in [6.07, 6.45) is 3.21. The maximum absolute atomic E-state index is 12.8. The number of amides is 1. The summed E-state index contributed by atoms with van der Waals surface area (Å²) >= 11 is 1.71. The molecule has 3 heterocycles. The first-order chi connectivity index (χ1) is 14.5. The fourth-order valence-electron chi connectivity index (χ4n) is 3.92. The number of hydrogen-bond donors (Lipinski definition) is 1. The van der Waals surface area contributed by atoms with E-state index in [9.17, 15) is 4.79 Å². The zero-order valence-electron chi connectivity index (χ0n) is 17.7. The molecule has 30 heavy (non-hydrogen) atoms. The van der Waals surface area contributed by atoms with E-state index in [0.717, 1.165) is 42.0 Å². The second-order valence-electron chi connectivity index (χ2n) is 7.48. The largest absolute Gasteiger partial charge is 0.493 e. The van der Waals surface area contributed by atoms with Crippen LogP contribution in [0.15, 0.2) is 24.5 Å². The Labute approximate surface area is 180 Å². The Morgan fingerprint density at radius 1 is 1.13 bits per heavy atom. The Hall–Kier alpha value is -2.87. The Balaban J connectivity index is 1.43. The molecule has 1 aromatic carbocycles. The van der Waals surface area contributed by atoms with Crippen molar-refractivity contribution in [1.82, 2.24) is 9.97 Å². The van der Waals surface area contributed by atoms with Gasteiger partial charge in [0.1, 0.15) is 17.0 Å². The van der Waals surface area contributed by atoms with E-state index in [1.807, 2.05) is 6.07 Å². The number of rotatable bonds is 5. The molecule has 3 aromatic rings. The number of aryl methyl sites for hydroxylation is 2. The van der Waals surface area contributed by atoms with E-state index >= 15 is 0 Å². The summed E-state index contributed by atoms with van der Waals surface area (Å²) in [6, 6.07) is 5.40. The summed E-state index contributed by atoms with van der Waals surface area (Å²) in [6.45, 7) is 5.84. The second-order valence-corrected chi connectivity index (χ2v) is 8.68. The van der Waals surface area contributed by atoms with Crippen molar-refractivity contribution >= 4 is 39.0 Å². The fraction of sp³-hybridized carbons (Fsp3) is 0.409. The summed E-state index contributed by atoms with van der Waals surface area (Å²) in [7, 11) is 3.17.